The number of thioether (sulfide) groups is 1. The van der Waals surface area contributed by atoms with Crippen LogP contribution < -0.4 is 0 Å². The van der Waals surface area contributed by atoms with Crippen LogP contribution in [0.5, 0.6) is 0 Å². The van der Waals surface area contributed by atoms with Crippen LogP contribution in [0.3, 0.4) is 0 Å². The summed E-state index contributed by atoms with van der Waals surface area (Å²) in [7, 11) is 0. The van der Waals surface area contributed by atoms with Crippen LogP contribution in [0.25, 0.3) is 10.8 Å². The zero-order chi connectivity index (χ0) is 14.2. The number of hydrogen-bond acceptors (Lipinski definition) is 3. The van der Waals surface area contributed by atoms with Gasteiger partial charge in [0.25, 0.3) is 5.91 Å². The Hall–Kier alpha value is -1.55. The van der Waals surface area contributed by atoms with Gasteiger partial charge in [0.05, 0.1) is 0 Å². The zero-order valence-electron chi connectivity index (χ0n) is 11.8. The van der Waals surface area contributed by atoms with Crippen LogP contribution in [0, 0.1) is 0 Å². The van der Waals surface area contributed by atoms with E-state index >= 15 is 0 Å². The average molecular weight is 286 g/mol. The van der Waals surface area contributed by atoms with Crippen molar-refractivity contribution < 1.29 is 4.79 Å². The average Bonchev–Trinajstić information content (AvgIpc) is 2.45. The third-order valence-corrected chi connectivity index (χ3v) is 4.89. The molecule has 1 saturated heterocycles. The van der Waals surface area contributed by atoms with Crippen LogP contribution in [0.1, 0.15) is 24.3 Å². The maximum absolute atomic E-state index is 12.8. The van der Waals surface area contributed by atoms with Gasteiger partial charge < -0.3 is 4.90 Å². The number of hydrogen-bond donors (Lipinski definition) is 0. The summed E-state index contributed by atoms with van der Waals surface area (Å²) in [6.45, 7) is 5.96. The van der Waals surface area contributed by atoms with Crippen LogP contribution in [0.4, 0.5) is 0 Å². The summed E-state index contributed by atoms with van der Waals surface area (Å²) in [5.74, 6) is 1.04. The Morgan fingerprint density at radius 2 is 2.10 bits per heavy atom. The number of fused-ring (bicyclic) bond motifs is 1. The lowest BCUT2D eigenvalue weighted by Crippen LogP contribution is -2.46. The second kappa shape index (κ2) is 5.09. The smallest absolute Gasteiger partial charge is 0.273 e. The van der Waals surface area contributed by atoms with Gasteiger partial charge in [-0.15, -0.1) is 0 Å². The molecule has 1 aliphatic heterocycles. The summed E-state index contributed by atoms with van der Waals surface area (Å²) in [6.07, 6.45) is 1.72. The summed E-state index contributed by atoms with van der Waals surface area (Å²) < 4.78 is 0.124. The molecule has 0 unspecified atom stereocenters. The van der Waals surface area contributed by atoms with Gasteiger partial charge in [-0.25, -0.2) is 0 Å². The van der Waals surface area contributed by atoms with Gasteiger partial charge in [-0.1, -0.05) is 24.3 Å². The quantitative estimate of drug-likeness (QED) is 0.807. The Bertz CT molecular complexity index is 648. The highest BCUT2D eigenvalue weighted by molar-refractivity contribution is 8.00. The molecular weight excluding hydrogens is 268 g/mol. The van der Waals surface area contributed by atoms with Crippen molar-refractivity contribution in [1.82, 2.24) is 9.88 Å². The van der Waals surface area contributed by atoms with E-state index in [4.69, 9.17) is 0 Å². The molecule has 0 N–H and O–H groups in total. The maximum atomic E-state index is 12.8. The van der Waals surface area contributed by atoms with Crippen LogP contribution in [0.15, 0.2) is 36.5 Å². The molecule has 3 nitrogen and oxygen atoms in total. The number of nitrogens with zero attached hydrogens (tertiary/aromatic N) is 2. The first-order chi connectivity index (χ1) is 9.57. The minimum atomic E-state index is 0.0511. The van der Waals surface area contributed by atoms with Gasteiger partial charge in [0.15, 0.2) is 0 Å². The highest BCUT2D eigenvalue weighted by atomic mass is 32.2. The molecule has 1 fully saturated rings. The van der Waals surface area contributed by atoms with E-state index in [9.17, 15) is 4.79 Å². The molecule has 0 aliphatic carbocycles. The van der Waals surface area contributed by atoms with Crippen LogP contribution in [-0.4, -0.2) is 39.4 Å². The van der Waals surface area contributed by atoms with Gasteiger partial charge in [0, 0.05) is 35.2 Å². The van der Waals surface area contributed by atoms with E-state index in [0.717, 1.165) is 29.6 Å². The Morgan fingerprint density at radius 1 is 1.30 bits per heavy atom. The molecule has 1 aromatic carbocycles. The molecule has 20 heavy (non-hydrogen) atoms. The van der Waals surface area contributed by atoms with E-state index in [1.54, 1.807) is 6.20 Å². The summed E-state index contributed by atoms with van der Waals surface area (Å²) in [5, 5.41) is 2.01. The molecule has 104 valence electrons. The van der Waals surface area contributed by atoms with Crippen molar-refractivity contribution in [1.29, 1.82) is 0 Å². The lowest BCUT2D eigenvalue weighted by atomic mass is 10.1. The molecule has 0 spiro atoms. The normalized spacial score (nSPS) is 18.2. The highest BCUT2D eigenvalue weighted by Crippen LogP contribution is 2.30. The van der Waals surface area contributed by atoms with Gasteiger partial charge in [0.2, 0.25) is 0 Å². The summed E-state index contributed by atoms with van der Waals surface area (Å²) in [6, 6.07) is 9.87. The second-order valence-electron chi connectivity index (χ2n) is 5.72. The Kier molecular flexibility index (Phi) is 3.42. The minimum absolute atomic E-state index is 0.0511. The molecule has 0 bridgehead atoms. The van der Waals surface area contributed by atoms with Crippen molar-refractivity contribution in [3.63, 3.8) is 0 Å². The molecule has 0 atom stereocenters. The molecule has 0 radical (unpaired) electrons. The molecule has 1 aromatic heterocycles. The maximum Gasteiger partial charge on any atom is 0.273 e. The van der Waals surface area contributed by atoms with E-state index in [2.05, 4.69) is 18.8 Å². The first-order valence-electron chi connectivity index (χ1n) is 6.84. The van der Waals surface area contributed by atoms with Gasteiger partial charge in [-0.05, 0) is 25.3 Å². The molecule has 0 saturated carbocycles. The largest absolute Gasteiger partial charge is 0.335 e. The standard InChI is InChI=1S/C16H18N2OS/c1-16(2)11-18(9-10-20-16)15(19)14-13-6-4-3-5-12(13)7-8-17-14/h3-8H,9-11H2,1-2H3. The molecule has 2 aromatic rings. The monoisotopic (exact) mass is 286 g/mol. The van der Waals surface area contributed by atoms with Crippen molar-refractivity contribution >= 4 is 28.4 Å². The predicted molar refractivity (Wildman–Crippen MR) is 84.2 cm³/mol. The van der Waals surface area contributed by atoms with Crippen molar-refractivity contribution in [3.8, 4) is 0 Å². The van der Waals surface area contributed by atoms with Gasteiger partial charge >= 0.3 is 0 Å². The van der Waals surface area contributed by atoms with E-state index in [0.29, 0.717) is 5.69 Å². The fraction of sp³-hybridized carbons (Fsp3) is 0.375. The number of amides is 1. The minimum Gasteiger partial charge on any atom is -0.335 e. The van der Waals surface area contributed by atoms with Crippen LogP contribution in [-0.2, 0) is 0 Å². The number of carbonyl (C=O) groups excluding carboxylic acids is 1. The molecule has 2 heterocycles. The van der Waals surface area contributed by atoms with E-state index in [1.165, 1.54) is 0 Å². The van der Waals surface area contributed by atoms with E-state index < -0.39 is 0 Å². The van der Waals surface area contributed by atoms with Crippen molar-refractivity contribution in [3.05, 3.63) is 42.2 Å². The summed E-state index contributed by atoms with van der Waals surface area (Å²) in [5.41, 5.74) is 0.575. The van der Waals surface area contributed by atoms with Gasteiger partial charge in [-0.2, -0.15) is 11.8 Å². The Balaban J connectivity index is 1.97. The number of rotatable bonds is 1. The van der Waals surface area contributed by atoms with Crippen LogP contribution >= 0.6 is 11.8 Å². The number of carbonyl (C=O) groups is 1. The first-order valence-corrected chi connectivity index (χ1v) is 7.82. The van der Waals surface area contributed by atoms with Crippen LogP contribution in [0.2, 0.25) is 0 Å². The Labute approximate surface area is 123 Å². The molecule has 1 amide bonds. The number of aromatic nitrogens is 1. The Morgan fingerprint density at radius 3 is 2.90 bits per heavy atom. The summed E-state index contributed by atoms with van der Waals surface area (Å²) >= 11 is 1.93. The molecular formula is C16H18N2OS. The van der Waals surface area contributed by atoms with E-state index in [-0.39, 0.29) is 10.7 Å². The zero-order valence-corrected chi connectivity index (χ0v) is 12.6. The SMILES string of the molecule is CC1(C)CN(C(=O)c2nccc3ccccc23)CCS1. The molecule has 1 aliphatic rings. The first kappa shape index (κ1) is 13.4. The lowest BCUT2D eigenvalue weighted by molar-refractivity contribution is 0.0744. The third kappa shape index (κ3) is 2.52. The van der Waals surface area contributed by atoms with E-state index in [1.807, 2.05) is 47.0 Å². The summed E-state index contributed by atoms with van der Waals surface area (Å²) in [4.78, 5) is 19.0. The second-order valence-corrected chi connectivity index (χ2v) is 7.52. The molecule has 4 heteroatoms. The lowest BCUT2D eigenvalue weighted by Gasteiger charge is -2.37. The van der Waals surface area contributed by atoms with Crippen molar-refractivity contribution in [2.45, 2.75) is 18.6 Å². The van der Waals surface area contributed by atoms with Gasteiger partial charge in [0.1, 0.15) is 5.69 Å². The molecule has 3 rings (SSSR count). The van der Waals surface area contributed by atoms with Crippen molar-refractivity contribution in [2.24, 2.45) is 0 Å². The van der Waals surface area contributed by atoms with Gasteiger partial charge in [-0.3, -0.25) is 9.78 Å². The highest BCUT2D eigenvalue weighted by Gasteiger charge is 2.31. The topological polar surface area (TPSA) is 33.2 Å². The fourth-order valence-electron chi connectivity index (χ4n) is 2.63. The fourth-order valence-corrected chi connectivity index (χ4v) is 3.74. The predicted octanol–water partition coefficient (Wildman–Crippen LogP) is 3.20. The number of benzene rings is 1. The third-order valence-electron chi connectivity index (χ3n) is 3.59. The number of pyridine rings is 1. The van der Waals surface area contributed by atoms with Crippen molar-refractivity contribution in [2.75, 3.05) is 18.8 Å².